The second-order valence-corrected chi connectivity index (χ2v) is 7.70. The molecule has 32 heavy (non-hydrogen) atoms. The van der Waals surface area contributed by atoms with Gasteiger partial charge in [-0.25, -0.2) is 0 Å². The summed E-state index contributed by atoms with van der Waals surface area (Å²) in [7, 11) is 1.53. The number of rotatable bonds is 21. The first-order chi connectivity index (χ1) is 15.4. The monoisotopic (exact) mass is 478 g/mol. The number of nitrogens with one attached hydrogen (secondary N) is 3. The zero-order valence-electron chi connectivity index (χ0n) is 19.1. The number of Topliss-reactive ketones (excluding diaryl/α,β-unsaturated/α-hetero) is 1. The number of hydrogen-bond donors (Lipinski definition) is 4. The van der Waals surface area contributed by atoms with Crippen LogP contribution in [0.25, 0.3) is 0 Å². The summed E-state index contributed by atoms with van der Waals surface area (Å²) < 4.78 is 16.0. The smallest absolute Gasteiger partial charge is 0.237 e. The summed E-state index contributed by atoms with van der Waals surface area (Å²) in [5, 5.41) is 7.77. The third-order valence-electron chi connectivity index (χ3n) is 4.03. The first kappa shape index (κ1) is 30.3. The molecule has 12 heteroatoms. The molecule has 11 nitrogen and oxygen atoms in total. The molecule has 0 spiro atoms. The molecule has 0 aliphatic rings. The highest BCUT2D eigenvalue weighted by Gasteiger charge is 2.13. The molecule has 0 aromatic carbocycles. The first-order valence-corrected chi connectivity index (χ1v) is 11.9. The standard InChI is InChI=1S/C20H38N4O7S/c1-3-16(25)5-8-29-10-12-31-13-11-30-9-7-24-20(28)17(21)14-32-15-19(27)23-6-4-18(26)22-2/h17H,3-15,21H2,1-2H3,(H,22,26)(H,23,27)(H,24,28)/t17-/m0/s1. The Morgan fingerprint density at radius 3 is 2.09 bits per heavy atom. The first-order valence-electron chi connectivity index (χ1n) is 10.7. The molecule has 0 saturated carbocycles. The highest BCUT2D eigenvalue weighted by atomic mass is 32.2. The van der Waals surface area contributed by atoms with Gasteiger partial charge in [-0.05, 0) is 0 Å². The highest BCUT2D eigenvalue weighted by Crippen LogP contribution is 2.01. The molecule has 1 atom stereocenters. The maximum Gasteiger partial charge on any atom is 0.237 e. The van der Waals surface area contributed by atoms with Crippen molar-refractivity contribution in [3.8, 4) is 0 Å². The van der Waals surface area contributed by atoms with Crippen LogP contribution in [0.3, 0.4) is 0 Å². The van der Waals surface area contributed by atoms with Crippen LogP contribution >= 0.6 is 11.8 Å². The Bertz CT molecular complexity index is 552. The fourth-order valence-corrected chi connectivity index (χ4v) is 2.94. The lowest BCUT2D eigenvalue weighted by Gasteiger charge is -2.12. The predicted octanol–water partition coefficient (Wildman–Crippen LogP) is -1.17. The van der Waals surface area contributed by atoms with Gasteiger partial charge in [0.2, 0.25) is 17.7 Å². The van der Waals surface area contributed by atoms with E-state index in [1.54, 1.807) is 0 Å². The number of nitrogens with two attached hydrogens (primary N) is 1. The average molecular weight is 479 g/mol. The lowest BCUT2D eigenvalue weighted by molar-refractivity contribution is -0.122. The number of ether oxygens (including phenoxy) is 3. The van der Waals surface area contributed by atoms with E-state index in [-0.39, 0.29) is 42.2 Å². The quantitative estimate of drug-likeness (QED) is 0.149. The summed E-state index contributed by atoms with van der Waals surface area (Å²) in [5.41, 5.74) is 5.81. The van der Waals surface area contributed by atoms with E-state index in [1.165, 1.54) is 18.8 Å². The van der Waals surface area contributed by atoms with Gasteiger partial charge in [-0.15, -0.1) is 11.8 Å². The van der Waals surface area contributed by atoms with Gasteiger partial charge >= 0.3 is 0 Å². The fourth-order valence-electron chi connectivity index (χ4n) is 2.13. The van der Waals surface area contributed by atoms with Crippen molar-refractivity contribution in [3.63, 3.8) is 0 Å². The molecular formula is C20H38N4O7S. The van der Waals surface area contributed by atoms with Crippen molar-refractivity contribution in [2.75, 3.05) is 71.3 Å². The third-order valence-corrected chi connectivity index (χ3v) is 5.09. The summed E-state index contributed by atoms with van der Waals surface area (Å²) in [6.45, 7) is 4.83. The van der Waals surface area contributed by atoms with Gasteiger partial charge in [-0.2, -0.15) is 0 Å². The lowest BCUT2D eigenvalue weighted by atomic mass is 10.2. The third kappa shape index (κ3) is 19.0. The Labute approximate surface area is 194 Å². The Morgan fingerprint density at radius 2 is 1.47 bits per heavy atom. The van der Waals surface area contributed by atoms with Crippen LogP contribution in [0, 0.1) is 0 Å². The van der Waals surface area contributed by atoms with Gasteiger partial charge in [-0.1, -0.05) is 6.92 Å². The van der Waals surface area contributed by atoms with Crippen molar-refractivity contribution in [1.29, 1.82) is 0 Å². The van der Waals surface area contributed by atoms with Crippen molar-refractivity contribution in [2.24, 2.45) is 5.73 Å². The summed E-state index contributed by atoms with van der Waals surface area (Å²) in [5.74, 6) is -0.00549. The van der Waals surface area contributed by atoms with Crippen molar-refractivity contribution >= 4 is 35.3 Å². The molecule has 5 N–H and O–H groups in total. The molecule has 0 aromatic heterocycles. The second kappa shape index (κ2) is 21.1. The predicted molar refractivity (Wildman–Crippen MR) is 122 cm³/mol. The molecule has 0 saturated heterocycles. The fraction of sp³-hybridized carbons (Fsp3) is 0.800. The molecule has 186 valence electrons. The summed E-state index contributed by atoms with van der Waals surface area (Å²) in [6, 6.07) is -0.727. The van der Waals surface area contributed by atoms with Crippen LogP contribution in [0.2, 0.25) is 0 Å². The van der Waals surface area contributed by atoms with Crippen LogP contribution in [0.1, 0.15) is 26.2 Å². The zero-order valence-corrected chi connectivity index (χ0v) is 19.9. The molecule has 3 amide bonds. The topological polar surface area (TPSA) is 158 Å². The maximum atomic E-state index is 11.9. The van der Waals surface area contributed by atoms with Gasteiger partial charge in [0.1, 0.15) is 5.78 Å². The lowest BCUT2D eigenvalue weighted by Crippen LogP contribution is -2.43. The molecule has 0 aliphatic heterocycles. The number of carbonyl (C=O) groups excluding carboxylic acids is 4. The minimum atomic E-state index is -0.727. The molecule has 0 unspecified atom stereocenters. The molecule has 0 aromatic rings. The van der Waals surface area contributed by atoms with E-state index in [2.05, 4.69) is 16.0 Å². The minimum absolute atomic E-state index is 0.143. The van der Waals surface area contributed by atoms with E-state index in [9.17, 15) is 19.2 Å². The van der Waals surface area contributed by atoms with Gasteiger partial charge in [0.15, 0.2) is 0 Å². The number of thioether (sulfide) groups is 1. The van der Waals surface area contributed by atoms with Crippen LogP contribution in [0.15, 0.2) is 0 Å². The van der Waals surface area contributed by atoms with Gasteiger partial charge in [0, 0.05) is 45.2 Å². The van der Waals surface area contributed by atoms with Gasteiger partial charge < -0.3 is 35.9 Å². The van der Waals surface area contributed by atoms with E-state index >= 15 is 0 Å². The Kier molecular flexibility index (Phi) is 20.0. The molecule has 0 heterocycles. The number of amides is 3. The Morgan fingerprint density at radius 1 is 0.844 bits per heavy atom. The largest absolute Gasteiger partial charge is 0.379 e. The second-order valence-electron chi connectivity index (χ2n) is 6.67. The molecule has 0 radical (unpaired) electrons. The maximum absolute atomic E-state index is 11.9. The molecule has 0 aliphatic carbocycles. The molecule has 0 fully saturated rings. The van der Waals surface area contributed by atoms with Crippen LogP contribution in [-0.2, 0) is 33.4 Å². The van der Waals surface area contributed by atoms with Crippen molar-refractivity contribution in [3.05, 3.63) is 0 Å². The normalized spacial score (nSPS) is 11.6. The highest BCUT2D eigenvalue weighted by molar-refractivity contribution is 8.00. The number of carbonyl (C=O) groups is 4. The Balaban J connectivity index is 3.49. The zero-order chi connectivity index (χ0) is 24.0. The number of ketones is 1. The molecule has 0 rings (SSSR count). The van der Waals surface area contributed by atoms with Gasteiger partial charge in [0.05, 0.1) is 51.4 Å². The van der Waals surface area contributed by atoms with Gasteiger partial charge in [-0.3, -0.25) is 19.2 Å². The van der Waals surface area contributed by atoms with Crippen molar-refractivity contribution in [2.45, 2.75) is 32.2 Å². The summed E-state index contributed by atoms with van der Waals surface area (Å²) >= 11 is 1.25. The van der Waals surface area contributed by atoms with E-state index in [0.29, 0.717) is 64.8 Å². The summed E-state index contributed by atoms with van der Waals surface area (Å²) in [4.78, 5) is 45.7. The molecule has 0 bridgehead atoms. The van der Waals surface area contributed by atoms with Crippen LogP contribution < -0.4 is 21.7 Å². The summed E-state index contributed by atoms with van der Waals surface area (Å²) in [6.07, 6.45) is 1.19. The van der Waals surface area contributed by atoms with E-state index < -0.39 is 6.04 Å². The van der Waals surface area contributed by atoms with Crippen molar-refractivity contribution < 1.29 is 33.4 Å². The minimum Gasteiger partial charge on any atom is -0.379 e. The van der Waals surface area contributed by atoms with Crippen LogP contribution in [0.5, 0.6) is 0 Å². The number of hydrogen-bond acceptors (Lipinski definition) is 9. The van der Waals surface area contributed by atoms with E-state index in [4.69, 9.17) is 19.9 Å². The van der Waals surface area contributed by atoms with E-state index in [0.717, 1.165) is 0 Å². The average Bonchev–Trinajstić information content (AvgIpc) is 2.78. The Hall–Kier alpha value is -1.73. The van der Waals surface area contributed by atoms with Crippen molar-refractivity contribution in [1.82, 2.24) is 16.0 Å². The SMILES string of the molecule is CCC(=O)CCOCCOCCOCCNC(=O)[C@@H](N)CSCC(=O)NCCC(=O)NC. The van der Waals surface area contributed by atoms with Crippen LogP contribution in [0.4, 0.5) is 0 Å². The van der Waals surface area contributed by atoms with Crippen LogP contribution in [-0.4, -0.2) is 101 Å². The molecular weight excluding hydrogens is 440 g/mol. The van der Waals surface area contributed by atoms with Gasteiger partial charge in [0.25, 0.3) is 0 Å². The van der Waals surface area contributed by atoms with E-state index in [1.807, 2.05) is 6.92 Å².